The Hall–Kier alpha value is -3.27. The van der Waals surface area contributed by atoms with Crippen LogP contribution in [0.3, 0.4) is 0 Å². The molecule has 0 radical (unpaired) electrons. The molecule has 31 heavy (non-hydrogen) atoms. The van der Waals surface area contributed by atoms with E-state index in [9.17, 15) is 14.0 Å². The topological polar surface area (TPSA) is 93.0 Å². The lowest BCUT2D eigenvalue weighted by Gasteiger charge is -2.15. The van der Waals surface area contributed by atoms with Gasteiger partial charge in [-0.05, 0) is 60.5 Å². The van der Waals surface area contributed by atoms with E-state index in [2.05, 4.69) is 20.8 Å². The molecule has 1 fully saturated rings. The third kappa shape index (κ3) is 4.74. The second-order valence-corrected chi connectivity index (χ2v) is 8.15. The lowest BCUT2D eigenvalue weighted by molar-refractivity contribution is -0.127. The number of hydrogen-bond acceptors (Lipinski definition) is 6. The number of aromatic nitrogens is 4. The molecule has 2 amide bonds. The Morgan fingerprint density at radius 2 is 1.94 bits per heavy atom. The molecule has 0 bridgehead atoms. The maximum Gasteiger partial charge on any atom is 0.256 e. The van der Waals surface area contributed by atoms with Crippen molar-refractivity contribution in [3.05, 3.63) is 59.7 Å². The van der Waals surface area contributed by atoms with Crippen molar-refractivity contribution >= 4 is 29.3 Å². The van der Waals surface area contributed by atoms with Crippen LogP contribution >= 0.6 is 11.8 Å². The predicted octanol–water partition coefficient (Wildman–Crippen LogP) is 3.08. The standard InChI is InChI=1S/C21H21FN6O2S/c1-14-24-25-26-28(14)18-12-15(8-9-17(18)22)23-21(30)16-6-2-3-7-19(16)31-13-20(29)27-10-4-5-11-27/h2-3,6-9,12H,4-5,10-11,13H2,1H3,(H,23,30). The van der Waals surface area contributed by atoms with Crippen LogP contribution in [0.15, 0.2) is 47.4 Å². The predicted molar refractivity (Wildman–Crippen MR) is 115 cm³/mol. The zero-order valence-corrected chi connectivity index (χ0v) is 17.7. The molecule has 1 N–H and O–H groups in total. The lowest BCUT2D eigenvalue weighted by atomic mass is 10.2. The number of tetrazole rings is 1. The highest BCUT2D eigenvalue weighted by Gasteiger charge is 2.19. The number of rotatable bonds is 6. The molecule has 0 aliphatic carbocycles. The first-order valence-electron chi connectivity index (χ1n) is 9.89. The Kier molecular flexibility index (Phi) is 6.26. The zero-order valence-electron chi connectivity index (χ0n) is 16.9. The summed E-state index contributed by atoms with van der Waals surface area (Å²) in [6.45, 7) is 3.26. The van der Waals surface area contributed by atoms with Crippen LogP contribution in [0, 0.1) is 12.7 Å². The van der Waals surface area contributed by atoms with Gasteiger partial charge in [-0.1, -0.05) is 12.1 Å². The van der Waals surface area contributed by atoms with E-state index in [1.165, 1.54) is 34.6 Å². The number of nitrogens with one attached hydrogen (secondary N) is 1. The van der Waals surface area contributed by atoms with Crippen molar-refractivity contribution in [3.8, 4) is 5.69 Å². The Balaban J connectivity index is 1.49. The molecule has 3 aromatic rings. The van der Waals surface area contributed by atoms with Gasteiger partial charge < -0.3 is 10.2 Å². The van der Waals surface area contributed by atoms with Crippen molar-refractivity contribution in [2.45, 2.75) is 24.7 Å². The van der Waals surface area contributed by atoms with E-state index >= 15 is 0 Å². The Morgan fingerprint density at radius 3 is 2.68 bits per heavy atom. The van der Waals surface area contributed by atoms with Gasteiger partial charge >= 0.3 is 0 Å². The molecule has 2 heterocycles. The van der Waals surface area contributed by atoms with Crippen LogP contribution in [0.4, 0.5) is 10.1 Å². The summed E-state index contributed by atoms with van der Waals surface area (Å²) in [5.74, 6) is -0.0687. The number of hydrogen-bond donors (Lipinski definition) is 1. The van der Waals surface area contributed by atoms with E-state index in [1.807, 2.05) is 17.0 Å². The fourth-order valence-electron chi connectivity index (χ4n) is 3.38. The average Bonchev–Trinajstić information content (AvgIpc) is 3.45. The molecule has 0 atom stereocenters. The first-order chi connectivity index (χ1) is 15.0. The second kappa shape index (κ2) is 9.25. The van der Waals surface area contributed by atoms with Crippen LogP contribution < -0.4 is 5.32 Å². The third-order valence-electron chi connectivity index (χ3n) is 5.00. The maximum absolute atomic E-state index is 14.3. The minimum atomic E-state index is -0.509. The zero-order chi connectivity index (χ0) is 21.8. The SMILES string of the molecule is Cc1nnnn1-c1cc(NC(=O)c2ccccc2SCC(=O)N2CCCC2)ccc1F. The molecule has 2 aromatic carbocycles. The Bertz CT molecular complexity index is 1110. The van der Waals surface area contributed by atoms with Gasteiger partial charge in [0.15, 0.2) is 5.82 Å². The number of halogens is 1. The van der Waals surface area contributed by atoms with E-state index in [0.717, 1.165) is 25.9 Å². The molecule has 0 saturated carbocycles. The van der Waals surface area contributed by atoms with Crippen LogP contribution in [-0.2, 0) is 4.79 Å². The van der Waals surface area contributed by atoms with Crippen molar-refractivity contribution in [2.24, 2.45) is 0 Å². The summed E-state index contributed by atoms with van der Waals surface area (Å²) < 4.78 is 15.5. The van der Waals surface area contributed by atoms with Gasteiger partial charge in [0.2, 0.25) is 5.91 Å². The molecular weight excluding hydrogens is 419 g/mol. The highest BCUT2D eigenvalue weighted by molar-refractivity contribution is 8.00. The molecule has 4 rings (SSSR count). The molecule has 1 aliphatic heterocycles. The highest BCUT2D eigenvalue weighted by atomic mass is 32.2. The normalized spacial score (nSPS) is 13.4. The quantitative estimate of drug-likeness (QED) is 0.592. The first kappa shape index (κ1) is 21.0. The van der Waals surface area contributed by atoms with Gasteiger partial charge in [0.05, 0.1) is 11.3 Å². The molecule has 1 aromatic heterocycles. The van der Waals surface area contributed by atoms with Crippen LogP contribution in [-0.4, -0.2) is 55.8 Å². The number of aryl methyl sites for hydroxylation is 1. The smallest absolute Gasteiger partial charge is 0.256 e. The van der Waals surface area contributed by atoms with Gasteiger partial charge in [-0.2, -0.15) is 4.68 Å². The number of carbonyl (C=O) groups is 2. The van der Waals surface area contributed by atoms with Gasteiger partial charge in [-0.15, -0.1) is 16.9 Å². The van der Waals surface area contributed by atoms with Crippen molar-refractivity contribution in [3.63, 3.8) is 0 Å². The molecule has 1 saturated heterocycles. The maximum atomic E-state index is 14.3. The largest absolute Gasteiger partial charge is 0.342 e. The Labute approximate surface area is 182 Å². The lowest BCUT2D eigenvalue weighted by Crippen LogP contribution is -2.29. The number of nitrogens with zero attached hydrogens (tertiary/aromatic N) is 5. The van der Waals surface area contributed by atoms with E-state index in [1.54, 1.807) is 19.1 Å². The third-order valence-corrected chi connectivity index (χ3v) is 6.06. The number of benzene rings is 2. The molecule has 160 valence electrons. The molecule has 10 heteroatoms. The minimum Gasteiger partial charge on any atom is -0.342 e. The highest BCUT2D eigenvalue weighted by Crippen LogP contribution is 2.25. The van der Waals surface area contributed by atoms with Crippen LogP contribution in [0.1, 0.15) is 29.0 Å². The van der Waals surface area contributed by atoms with Crippen LogP contribution in [0.25, 0.3) is 5.69 Å². The molecule has 1 aliphatic rings. The van der Waals surface area contributed by atoms with Gasteiger partial charge in [0, 0.05) is 23.7 Å². The van der Waals surface area contributed by atoms with Crippen LogP contribution in [0.2, 0.25) is 0 Å². The summed E-state index contributed by atoms with van der Waals surface area (Å²) in [6, 6.07) is 11.3. The average molecular weight is 441 g/mol. The monoisotopic (exact) mass is 440 g/mol. The van der Waals surface area contributed by atoms with E-state index in [0.29, 0.717) is 22.0 Å². The Morgan fingerprint density at radius 1 is 1.16 bits per heavy atom. The van der Waals surface area contributed by atoms with Gasteiger partial charge in [-0.3, -0.25) is 9.59 Å². The summed E-state index contributed by atoms with van der Waals surface area (Å²) in [7, 11) is 0. The first-order valence-corrected chi connectivity index (χ1v) is 10.9. The minimum absolute atomic E-state index is 0.0812. The fourth-order valence-corrected chi connectivity index (χ4v) is 4.34. The number of likely N-dealkylation sites (tertiary alicyclic amines) is 1. The van der Waals surface area contributed by atoms with E-state index in [-0.39, 0.29) is 23.3 Å². The molecule has 0 spiro atoms. The molecule has 8 nitrogen and oxygen atoms in total. The molecular formula is C21H21FN6O2S. The number of thioether (sulfide) groups is 1. The summed E-state index contributed by atoms with van der Waals surface area (Å²) in [6.07, 6.45) is 2.08. The van der Waals surface area contributed by atoms with Crippen LogP contribution in [0.5, 0.6) is 0 Å². The second-order valence-electron chi connectivity index (χ2n) is 7.13. The van der Waals surface area contributed by atoms with Crippen molar-refractivity contribution in [1.29, 1.82) is 0 Å². The van der Waals surface area contributed by atoms with Crippen molar-refractivity contribution in [1.82, 2.24) is 25.1 Å². The van der Waals surface area contributed by atoms with Crippen molar-refractivity contribution in [2.75, 3.05) is 24.2 Å². The van der Waals surface area contributed by atoms with Crippen molar-refractivity contribution < 1.29 is 14.0 Å². The number of carbonyl (C=O) groups excluding carboxylic acids is 2. The number of anilines is 1. The summed E-state index contributed by atoms with van der Waals surface area (Å²) in [4.78, 5) is 27.8. The summed E-state index contributed by atoms with van der Waals surface area (Å²) in [5, 5.41) is 13.9. The number of amides is 2. The van der Waals surface area contributed by atoms with Gasteiger partial charge in [-0.25, -0.2) is 4.39 Å². The molecule has 0 unspecified atom stereocenters. The van der Waals surface area contributed by atoms with E-state index < -0.39 is 5.82 Å². The van der Waals surface area contributed by atoms with Gasteiger partial charge in [0.25, 0.3) is 5.91 Å². The summed E-state index contributed by atoms with van der Waals surface area (Å²) in [5.41, 5.74) is 0.995. The summed E-state index contributed by atoms with van der Waals surface area (Å²) >= 11 is 1.34. The van der Waals surface area contributed by atoms with E-state index in [4.69, 9.17) is 0 Å². The van der Waals surface area contributed by atoms with Gasteiger partial charge in [0.1, 0.15) is 11.5 Å². The fraction of sp³-hybridized carbons (Fsp3) is 0.286.